The second-order valence-corrected chi connectivity index (χ2v) is 5.54. The zero-order valence-corrected chi connectivity index (χ0v) is 10.7. The minimum absolute atomic E-state index is 0.261. The van der Waals surface area contributed by atoms with Crippen LogP contribution in [-0.4, -0.2) is 19.9 Å². The molecule has 0 saturated carbocycles. The van der Waals surface area contributed by atoms with Gasteiger partial charge in [0.25, 0.3) is 0 Å². The predicted octanol–water partition coefficient (Wildman–Crippen LogP) is 2.09. The highest BCUT2D eigenvalue weighted by Crippen LogP contribution is 2.20. The van der Waals surface area contributed by atoms with Gasteiger partial charge in [0, 0.05) is 18.1 Å². The van der Waals surface area contributed by atoms with Crippen molar-refractivity contribution in [2.75, 3.05) is 6.54 Å². The summed E-state index contributed by atoms with van der Waals surface area (Å²) in [6, 6.07) is 8.55. The van der Waals surface area contributed by atoms with Crippen molar-refractivity contribution in [1.29, 1.82) is 0 Å². The van der Waals surface area contributed by atoms with Crippen LogP contribution in [0, 0.1) is 0 Å². The van der Waals surface area contributed by atoms with E-state index in [1.807, 2.05) is 0 Å². The zero-order chi connectivity index (χ0) is 13.0. The van der Waals surface area contributed by atoms with Crippen molar-refractivity contribution in [1.82, 2.24) is 9.71 Å². The topological polar surface area (TPSA) is 59.1 Å². The van der Waals surface area contributed by atoms with Crippen LogP contribution in [0.25, 0.3) is 10.9 Å². The van der Waals surface area contributed by atoms with Crippen molar-refractivity contribution in [3.63, 3.8) is 0 Å². The molecule has 0 aliphatic heterocycles. The second-order valence-electron chi connectivity index (χ2n) is 3.80. The van der Waals surface area contributed by atoms with Crippen molar-refractivity contribution in [3.05, 3.63) is 49.2 Å². The van der Waals surface area contributed by atoms with Gasteiger partial charge in [0.2, 0.25) is 10.0 Å². The number of nitrogens with zero attached hydrogens (tertiary/aromatic N) is 1. The molecule has 1 aromatic carbocycles. The number of hydrogen-bond donors (Lipinski definition) is 1. The molecule has 0 amide bonds. The first-order valence-electron chi connectivity index (χ1n) is 5.59. The van der Waals surface area contributed by atoms with E-state index < -0.39 is 10.0 Å². The number of rotatable bonds is 5. The summed E-state index contributed by atoms with van der Waals surface area (Å²) in [6.45, 7) is 3.91. The minimum Gasteiger partial charge on any atom is -0.256 e. The molecule has 0 atom stereocenters. The van der Waals surface area contributed by atoms with Crippen LogP contribution in [-0.2, 0) is 10.0 Å². The van der Waals surface area contributed by atoms with Crippen LogP contribution in [0.1, 0.15) is 6.42 Å². The number of sulfonamides is 1. The third-order valence-corrected chi connectivity index (χ3v) is 4.05. The molecule has 2 rings (SSSR count). The summed E-state index contributed by atoms with van der Waals surface area (Å²) >= 11 is 0. The molecule has 0 bridgehead atoms. The summed E-state index contributed by atoms with van der Waals surface area (Å²) in [7, 11) is -3.50. The largest absolute Gasteiger partial charge is 0.256 e. The molecule has 18 heavy (non-hydrogen) atoms. The Labute approximate surface area is 106 Å². The van der Waals surface area contributed by atoms with Crippen molar-refractivity contribution >= 4 is 20.9 Å². The van der Waals surface area contributed by atoms with E-state index in [9.17, 15) is 8.42 Å². The van der Waals surface area contributed by atoms with E-state index in [4.69, 9.17) is 0 Å². The Bertz CT molecular complexity index is 660. The van der Waals surface area contributed by atoms with Crippen LogP contribution in [0.3, 0.4) is 0 Å². The molecule has 1 heterocycles. The summed E-state index contributed by atoms with van der Waals surface area (Å²) in [5.74, 6) is 0. The lowest BCUT2D eigenvalue weighted by atomic mass is 10.2. The highest BCUT2D eigenvalue weighted by atomic mass is 32.2. The summed E-state index contributed by atoms with van der Waals surface area (Å²) in [6.07, 6.45) is 3.92. The maximum absolute atomic E-state index is 12.1. The number of nitrogens with one attached hydrogen (secondary N) is 1. The zero-order valence-electron chi connectivity index (χ0n) is 9.83. The fraction of sp³-hybridized carbons (Fsp3) is 0.154. The fourth-order valence-electron chi connectivity index (χ4n) is 1.68. The number of fused-ring (bicyclic) bond motifs is 1. The standard InChI is InChI=1S/C13H14N2O2S/c1-2-3-10-15-18(16,17)13-8-4-7-12-11(13)6-5-9-14-12/h2,4-9,15H,1,3,10H2. The van der Waals surface area contributed by atoms with Gasteiger partial charge in [-0.3, -0.25) is 4.98 Å². The lowest BCUT2D eigenvalue weighted by Gasteiger charge is -2.08. The molecule has 1 N–H and O–H groups in total. The molecule has 0 fully saturated rings. The normalized spacial score (nSPS) is 11.6. The maximum Gasteiger partial charge on any atom is 0.241 e. The molecule has 0 unspecified atom stereocenters. The van der Waals surface area contributed by atoms with E-state index in [1.165, 1.54) is 0 Å². The Morgan fingerprint density at radius 2 is 2.11 bits per heavy atom. The Kier molecular flexibility index (Phi) is 3.74. The fourth-order valence-corrected chi connectivity index (χ4v) is 2.94. The number of benzene rings is 1. The summed E-state index contributed by atoms with van der Waals surface area (Å²) in [5, 5.41) is 0.631. The number of hydrogen-bond acceptors (Lipinski definition) is 3. The lowest BCUT2D eigenvalue weighted by molar-refractivity contribution is 0.583. The van der Waals surface area contributed by atoms with Crippen LogP contribution in [0.2, 0.25) is 0 Å². The van der Waals surface area contributed by atoms with Crippen LogP contribution in [0.4, 0.5) is 0 Å². The molecule has 0 aliphatic carbocycles. The van der Waals surface area contributed by atoms with E-state index in [0.29, 0.717) is 23.9 Å². The van der Waals surface area contributed by atoms with Gasteiger partial charge in [0.15, 0.2) is 0 Å². The first-order chi connectivity index (χ1) is 8.65. The third-order valence-electron chi connectivity index (χ3n) is 2.54. The van der Waals surface area contributed by atoms with Gasteiger partial charge in [0.05, 0.1) is 10.4 Å². The van der Waals surface area contributed by atoms with Gasteiger partial charge < -0.3 is 0 Å². The van der Waals surface area contributed by atoms with E-state index in [0.717, 1.165) is 0 Å². The van der Waals surface area contributed by atoms with Crippen molar-refractivity contribution in [2.45, 2.75) is 11.3 Å². The number of aromatic nitrogens is 1. The molecule has 5 heteroatoms. The Hall–Kier alpha value is -1.72. The first kappa shape index (κ1) is 12.7. The highest BCUT2D eigenvalue weighted by molar-refractivity contribution is 7.89. The van der Waals surface area contributed by atoms with Crippen molar-refractivity contribution < 1.29 is 8.42 Å². The molecule has 1 aromatic heterocycles. The Morgan fingerprint density at radius 1 is 1.28 bits per heavy atom. The van der Waals surface area contributed by atoms with Crippen LogP contribution in [0.15, 0.2) is 54.1 Å². The van der Waals surface area contributed by atoms with Gasteiger partial charge in [-0.2, -0.15) is 0 Å². The molecule has 4 nitrogen and oxygen atoms in total. The highest BCUT2D eigenvalue weighted by Gasteiger charge is 2.16. The Balaban J connectivity index is 2.44. The molecular weight excluding hydrogens is 248 g/mol. The van der Waals surface area contributed by atoms with Gasteiger partial charge in [-0.25, -0.2) is 13.1 Å². The van der Waals surface area contributed by atoms with Crippen molar-refractivity contribution in [3.8, 4) is 0 Å². The molecule has 94 valence electrons. The van der Waals surface area contributed by atoms with Gasteiger partial charge in [-0.1, -0.05) is 12.1 Å². The predicted molar refractivity (Wildman–Crippen MR) is 71.7 cm³/mol. The maximum atomic E-state index is 12.1. The van der Waals surface area contributed by atoms with Gasteiger partial charge in [-0.15, -0.1) is 6.58 Å². The summed E-state index contributed by atoms with van der Waals surface area (Å²) in [4.78, 5) is 4.40. The molecule has 0 radical (unpaired) electrons. The quantitative estimate of drug-likeness (QED) is 0.663. The van der Waals surface area contributed by atoms with Gasteiger partial charge in [-0.05, 0) is 30.7 Å². The van der Waals surface area contributed by atoms with E-state index in [2.05, 4.69) is 16.3 Å². The monoisotopic (exact) mass is 262 g/mol. The minimum atomic E-state index is -3.50. The first-order valence-corrected chi connectivity index (χ1v) is 7.08. The van der Waals surface area contributed by atoms with Crippen LogP contribution >= 0.6 is 0 Å². The molecule has 0 spiro atoms. The average molecular weight is 262 g/mol. The summed E-state index contributed by atoms with van der Waals surface area (Å²) in [5.41, 5.74) is 0.670. The SMILES string of the molecule is C=CCCNS(=O)(=O)c1cccc2ncccc12. The van der Waals surface area contributed by atoms with E-state index >= 15 is 0 Å². The third kappa shape index (κ3) is 2.57. The number of pyridine rings is 1. The molecular formula is C13H14N2O2S. The molecule has 0 aliphatic rings. The molecule has 0 saturated heterocycles. The van der Waals surface area contributed by atoms with Crippen molar-refractivity contribution in [2.24, 2.45) is 0 Å². The summed E-state index contributed by atoms with van der Waals surface area (Å²) < 4.78 is 26.8. The van der Waals surface area contributed by atoms with Gasteiger partial charge >= 0.3 is 0 Å². The van der Waals surface area contributed by atoms with E-state index in [1.54, 1.807) is 42.6 Å². The lowest BCUT2D eigenvalue weighted by Crippen LogP contribution is -2.24. The van der Waals surface area contributed by atoms with E-state index in [-0.39, 0.29) is 4.90 Å². The van der Waals surface area contributed by atoms with Crippen LogP contribution < -0.4 is 4.72 Å². The smallest absolute Gasteiger partial charge is 0.241 e. The van der Waals surface area contributed by atoms with Crippen LogP contribution in [0.5, 0.6) is 0 Å². The Morgan fingerprint density at radius 3 is 2.89 bits per heavy atom. The average Bonchev–Trinajstić information content (AvgIpc) is 2.38. The molecule has 2 aromatic rings. The van der Waals surface area contributed by atoms with Gasteiger partial charge in [0.1, 0.15) is 0 Å². The second kappa shape index (κ2) is 5.29.